The molecule has 1 atom stereocenters. The lowest BCUT2D eigenvalue weighted by Gasteiger charge is -2.24. The molecule has 1 fully saturated rings. The maximum atomic E-state index is 11.7. The van der Waals surface area contributed by atoms with E-state index >= 15 is 0 Å². The molecule has 0 saturated carbocycles. The predicted octanol–water partition coefficient (Wildman–Crippen LogP) is 2.46. The predicted molar refractivity (Wildman–Crippen MR) is 96.7 cm³/mol. The molecular weight excluding hydrogens is 324 g/mol. The van der Waals surface area contributed by atoms with Crippen LogP contribution in [-0.2, 0) is 9.84 Å². The highest BCUT2D eigenvalue weighted by molar-refractivity contribution is 7.91. The van der Waals surface area contributed by atoms with Crippen LogP contribution in [0, 0.1) is 13.8 Å². The lowest BCUT2D eigenvalue weighted by atomic mass is 10.1. The van der Waals surface area contributed by atoms with Gasteiger partial charge in [0.15, 0.2) is 9.84 Å². The average molecular weight is 346 g/mol. The lowest BCUT2D eigenvalue weighted by molar-refractivity contribution is 0.600. The number of hydrogen-bond donors (Lipinski definition) is 1. The molecule has 2 aromatic rings. The second-order valence-corrected chi connectivity index (χ2v) is 8.58. The van der Waals surface area contributed by atoms with E-state index in [0.717, 1.165) is 11.5 Å². The Balaban J connectivity index is 1.77. The smallest absolute Gasteiger partial charge is 0.152 e. The highest BCUT2D eigenvalue weighted by Crippen LogP contribution is 2.24. The fourth-order valence-corrected chi connectivity index (χ4v) is 4.62. The van der Waals surface area contributed by atoms with Crippen molar-refractivity contribution in [1.29, 1.82) is 0 Å². The first-order valence-corrected chi connectivity index (χ1v) is 9.76. The Morgan fingerprint density at radius 1 is 1.17 bits per heavy atom. The third-order valence-electron chi connectivity index (χ3n) is 4.55. The van der Waals surface area contributed by atoms with Crippen LogP contribution >= 0.6 is 0 Å². The van der Waals surface area contributed by atoms with Gasteiger partial charge in [0.2, 0.25) is 0 Å². The van der Waals surface area contributed by atoms with Gasteiger partial charge in [-0.3, -0.25) is 0 Å². The molecule has 2 heterocycles. The van der Waals surface area contributed by atoms with E-state index in [0.29, 0.717) is 12.2 Å². The van der Waals surface area contributed by atoms with E-state index < -0.39 is 9.84 Å². The minimum absolute atomic E-state index is 0.0284. The van der Waals surface area contributed by atoms with Crippen molar-refractivity contribution in [3.8, 4) is 0 Å². The van der Waals surface area contributed by atoms with Crippen molar-refractivity contribution in [2.45, 2.75) is 26.3 Å². The summed E-state index contributed by atoms with van der Waals surface area (Å²) in [7, 11) is -1.03. The van der Waals surface area contributed by atoms with Crippen molar-refractivity contribution >= 4 is 27.2 Å². The summed E-state index contributed by atoms with van der Waals surface area (Å²) in [6.07, 6.45) is 2.14. The zero-order valence-corrected chi connectivity index (χ0v) is 15.0. The molecule has 1 saturated heterocycles. The van der Waals surface area contributed by atoms with Gasteiger partial charge in [-0.05, 0) is 43.5 Å². The SMILES string of the molecule is Cc1ccc(Nc2cc(N(C)C3CCS(=O)(=O)C3)ncn2)cc1C. The fourth-order valence-electron chi connectivity index (χ4n) is 2.84. The molecule has 1 aliphatic rings. The maximum Gasteiger partial charge on any atom is 0.152 e. The van der Waals surface area contributed by atoms with E-state index in [1.807, 2.05) is 24.1 Å². The Kier molecular flexibility index (Phi) is 4.45. The molecule has 3 rings (SSSR count). The van der Waals surface area contributed by atoms with Gasteiger partial charge >= 0.3 is 0 Å². The Labute approximate surface area is 142 Å². The Hall–Kier alpha value is -2.15. The lowest BCUT2D eigenvalue weighted by Crippen LogP contribution is -2.33. The van der Waals surface area contributed by atoms with E-state index in [4.69, 9.17) is 0 Å². The Morgan fingerprint density at radius 2 is 1.96 bits per heavy atom. The number of sulfone groups is 1. The normalized spacial score (nSPS) is 19.2. The molecule has 1 unspecified atom stereocenters. The molecule has 0 radical (unpaired) electrons. The molecule has 1 N–H and O–H groups in total. The van der Waals surface area contributed by atoms with E-state index in [1.54, 1.807) is 0 Å². The summed E-state index contributed by atoms with van der Waals surface area (Å²) in [4.78, 5) is 10.5. The zero-order chi connectivity index (χ0) is 17.3. The topological polar surface area (TPSA) is 75.2 Å². The highest BCUT2D eigenvalue weighted by Gasteiger charge is 2.31. The van der Waals surface area contributed by atoms with Crippen molar-refractivity contribution in [3.63, 3.8) is 0 Å². The number of nitrogens with zero attached hydrogens (tertiary/aromatic N) is 3. The summed E-state index contributed by atoms with van der Waals surface area (Å²) >= 11 is 0. The van der Waals surface area contributed by atoms with E-state index in [-0.39, 0.29) is 17.5 Å². The van der Waals surface area contributed by atoms with Crippen LogP contribution in [-0.4, -0.2) is 43.0 Å². The van der Waals surface area contributed by atoms with Gasteiger partial charge in [0, 0.05) is 24.8 Å². The number of benzene rings is 1. The van der Waals surface area contributed by atoms with E-state index in [2.05, 4.69) is 41.3 Å². The number of anilines is 3. The standard InChI is InChI=1S/C17H22N4O2S/c1-12-4-5-14(8-13(12)2)20-16-9-17(19-11-18-16)21(3)15-6-7-24(22,23)10-15/h4-5,8-9,11,15H,6-7,10H2,1-3H3,(H,18,19,20). The Bertz CT molecular complexity index is 851. The van der Waals surface area contributed by atoms with Crippen LogP contribution in [0.5, 0.6) is 0 Å². The summed E-state index contributed by atoms with van der Waals surface area (Å²) in [5.41, 5.74) is 3.42. The largest absolute Gasteiger partial charge is 0.355 e. The summed E-state index contributed by atoms with van der Waals surface area (Å²) in [6, 6.07) is 7.97. The van der Waals surface area contributed by atoms with E-state index in [9.17, 15) is 8.42 Å². The van der Waals surface area contributed by atoms with Crippen LogP contribution in [0.1, 0.15) is 17.5 Å². The first-order valence-electron chi connectivity index (χ1n) is 7.94. The van der Waals surface area contributed by atoms with Crippen molar-refractivity contribution in [2.75, 3.05) is 28.8 Å². The molecule has 128 valence electrons. The van der Waals surface area contributed by atoms with Crippen LogP contribution in [0.15, 0.2) is 30.6 Å². The van der Waals surface area contributed by atoms with Gasteiger partial charge in [0.25, 0.3) is 0 Å². The molecule has 7 heteroatoms. The van der Waals surface area contributed by atoms with Gasteiger partial charge in [-0.2, -0.15) is 0 Å². The zero-order valence-electron chi connectivity index (χ0n) is 14.2. The summed E-state index contributed by atoms with van der Waals surface area (Å²) in [5, 5.41) is 3.28. The van der Waals surface area contributed by atoms with E-state index in [1.165, 1.54) is 17.5 Å². The first-order chi connectivity index (χ1) is 11.3. The number of rotatable bonds is 4. The number of aromatic nitrogens is 2. The molecule has 6 nitrogen and oxygen atoms in total. The molecule has 1 aliphatic heterocycles. The fraction of sp³-hybridized carbons (Fsp3) is 0.412. The van der Waals surface area contributed by atoms with Crippen LogP contribution in [0.2, 0.25) is 0 Å². The number of hydrogen-bond acceptors (Lipinski definition) is 6. The van der Waals surface area contributed by atoms with Gasteiger partial charge in [0.05, 0.1) is 11.5 Å². The summed E-state index contributed by atoms with van der Waals surface area (Å²) < 4.78 is 23.3. The second kappa shape index (κ2) is 6.39. The molecule has 0 spiro atoms. The Morgan fingerprint density at radius 3 is 2.62 bits per heavy atom. The van der Waals surface area contributed by atoms with Crippen molar-refractivity contribution in [3.05, 3.63) is 41.7 Å². The van der Waals surface area contributed by atoms with Gasteiger partial charge in [-0.15, -0.1) is 0 Å². The van der Waals surface area contributed by atoms with Crippen LogP contribution < -0.4 is 10.2 Å². The van der Waals surface area contributed by atoms with Gasteiger partial charge in [-0.1, -0.05) is 6.07 Å². The molecule has 1 aromatic carbocycles. The molecule has 0 amide bonds. The number of aryl methyl sites for hydroxylation is 2. The third kappa shape index (κ3) is 3.67. The maximum absolute atomic E-state index is 11.7. The van der Waals surface area contributed by atoms with Crippen molar-refractivity contribution in [2.24, 2.45) is 0 Å². The van der Waals surface area contributed by atoms with Gasteiger partial charge in [-0.25, -0.2) is 18.4 Å². The van der Waals surface area contributed by atoms with Gasteiger partial charge in [0.1, 0.15) is 18.0 Å². The molecule has 0 aliphatic carbocycles. The molecule has 0 bridgehead atoms. The molecular formula is C17H22N4O2S. The minimum atomic E-state index is -2.92. The summed E-state index contributed by atoms with van der Waals surface area (Å²) in [5.74, 6) is 1.85. The quantitative estimate of drug-likeness (QED) is 0.916. The van der Waals surface area contributed by atoms with Crippen molar-refractivity contribution in [1.82, 2.24) is 9.97 Å². The highest BCUT2D eigenvalue weighted by atomic mass is 32.2. The number of nitrogens with one attached hydrogen (secondary N) is 1. The van der Waals surface area contributed by atoms with Crippen LogP contribution in [0.3, 0.4) is 0 Å². The third-order valence-corrected chi connectivity index (χ3v) is 6.30. The van der Waals surface area contributed by atoms with Crippen LogP contribution in [0.25, 0.3) is 0 Å². The molecule has 24 heavy (non-hydrogen) atoms. The van der Waals surface area contributed by atoms with Crippen LogP contribution in [0.4, 0.5) is 17.3 Å². The first kappa shape index (κ1) is 16.7. The van der Waals surface area contributed by atoms with Crippen molar-refractivity contribution < 1.29 is 8.42 Å². The molecule has 1 aromatic heterocycles. The average Bonchev–Trinajstić information content (AvgIpc) is 2.90. The second-order valence-electron chi connectivity index (χ2n) is 6.35. The minimum Gasteiger partial charge on any atom is -0.355 e. The van der Waals surface area contributed by atoms with Gasteiger partial charge < -0.3 is 10.2 Å². The summed E-state index contributed by atoms with van der Waals surface area (Å²) in [6.45, 7) is 4.15. The monoisotopic (exact) mass is 346 g/mol.